The molecule has 4 unspecified atom stereocenters. The molecular formula is C23H33N3. The van der Waals surface area contributed by atoms with Crippen LogP contribution in [0, 0.1) is 12.3 Å². The average Bonchev–Trinajstić information content (AvgIpc) is 2.75. The zero-order valence-electron chi connectivity index (χ0n) is 15.8. The number of piperidine rings is 3. The molecule has 3 N–H and O–H groups in total. The molecule has 3 aliphatic heterocycles. The smallest absolute Gasteiger partial charge is 0.0242 e. The summed E-state index contributed by atoms with van der Waals surface area (Å²) in [5.74, 6) is 3.38. The third-order valence-electron chi connectivity index (χ3n) is 6.72. The Kier molecular flexibility index (Phi) is 5.94. The van der Waals surface area contributed by atoms with Crippen molar-refractivity contribution >= 4 is 0 Å². The van der Waals surface area contributed by atoms with Crippen LogP contribution in [-0.4, -0.2) is 37.3 Å². The number of hydrogen-bond acceptors (Lipinski definition) is 3. The number of benzene rings is 1. The van der Waals surface area contributed by atoms with E-state index in [1.54, 1.807) is 0 Å². The molecule has 0 aliphatic carbocycles. The van der Waals surface area contributed by atoms with Gasteiger partial charge in [0.25, 0.3) is 0 Å². The van der Waals surface area contributed by atoms with Gasteiger partial charge in [-0.3, -0.25) is 0 Å². The first-order valence-corrected chi connectivity index (χ1v) is 10.6. The zero-order chi connectivity index (χ0) is 17.8. The van der Waals surface area contributed by atoms with E-state index in [2.05, 4.69) is 46.1 Å². The van der Waals surface area contributed by atoms with Crippen molar-refractivity contribution in [2.24, 2.45) is 0 Å². The number of hydrogen-bond donors (Lipinski definition) is 3. The Morgan fingerprint density at radius 2 is 1.35 bits per heavy atom. The second kappa shape index (κ2) is 8.57. The van der Waals surface area contributed by atoms with Crippen LogP contribution >= 0.6 is 0 Å². The van der Waals surface area contributed by atoms with Crippen LogP contribution in [0.25, 0.3) is 0 Å². The summed E-state index contributed by atoms with van der Waals surface area (Å²) in [6.45, 7) is 2.35. The van der Waals surface area contributed by atoms with Gasteiger partial charge in [-0.1, -0.05) is 30.9 Å². The van der Waals surface area contributed by atoms with Gasteiger partial charge in [0, 0.05) is 29.7 Å². The lowest BCUT2D eigenvalue weighted by atomic mass is 9.77. The molecule has 0 saturated carbocycles. The van der Waals surface area contributed by atoms with E-state index in [0.717, 1.165) is 5.56 Å². The normalized spacial score (nSPS) is 35.6. The molecule has 4 rings (SSSR count). The molecule has 0 aromatic heterocycles. The Morgan fingerprint density at radius 3 is 1.81 bits per heavy atom. The maximum absolute atomic E-state index is 5.54. The summed E-state index contributed by atoms with van der Waals surface area (Å²) in [6, 6.07) is 11.2. The molecule has 0 spiro atoms. The van der Waals surface area contributed by atoms with Crippen molar-refractivity contribution in [3.63, 3.8) is 0 Å². The Bertz CT molecular complexity index is 579. The van der Waals surface area contributed by atoms with Gasteiger partial charge in [-0.25, -0.2) is 0 Å². The highest BCUT2D eigenvalue weighted by Gasteiger charge is 2.37. The van der Waals surface area contributed by atoms with Crippen molar-refractivity contribution in [1.82, 2.24) is 16.0 Å². The minimum atomic E-state index is 0.579. The number of nitrogens with one attached hydrogen (secondary N) is 3. The lowest BCUT2D eigenvalue weighted by Crippen LogP contribution is -2.61. The van der Waals surface area contributed by atoms with Crippen LogP contribution < -0.4 is 16.0 Å². The third kappa shape index (κ3) is 4.14. The lowest BCUT2D eigenvalue weighted by Gasteiger charge is -2.45. The highest BCUT2D eigenvalue weighted by Crippen LogP contribution is 2.34. The minimum absolute atomic E-state index is 0.579. The summed E-state index contributed by atoms with van der Waals surface area (Å²) in [5.41, 5.74) is 2.45. The van der Waals surface area contributed by atoms with Crippen LogP contribution in [0.15, 0.2) is 24.3 Å². The molecule has 140 valence electrons. The summed E-state index contributed by atoms with van der Waals surface area (Å²) in [7, 11) is 0. The maximum Gasteiger partial charge on any atom is 0.0242 e. The first kappa shape index (κ1) is 18.0. The van der Waals surface area contributed by atoms with Crippen molar-refractivity contribution in [3.05, 3.63) is 35.4 Å². The second-order valence-electron chi connectivity index (χ2n) is 8.43. The van der Waals surface area contributed by atoms with E-state index in [1.807, 2.05) is 0 Å². The van der Waals surface area contributed by atoms with Crippen molar-refractivity contribution in [3.8, 4) is 12.3 Å². The molecule has 3 heterocycles. The Labute approximate surface area is 158 Å². The van der Waals surface area contributed by atoms with Gasteiger partial charge in [0.05, 0.1) is 0 Å². The van der Waals surface area contributed by atoms with E-state index in [0.29, 0.717) is 30.1 Å². The van der Waals surface area contributed by atoms with Gasteiger partial charge in [-0.05, 0) is 75.2 Å². The largest absolute Gasteiger partial charge is 0.312 e. The Balaban J connectivity index is 1.52. The molecule has 3 heteroatoms. The molecule has 26 heavy (non-hydrogen) atoms. The molecular weight excluding hydrogens is 318 g/mol. The number of terminal acetylenes is 1. The summed E-state index contributed by atoms with van der Waals surface area (Å²) >= 11 is 0. The van der Waals surface area contributed by atoms with Gasteiger partial charge in [0.1, 0.15) is 0 Å². The fourth-order valence-corrected chi connectivity index (χ4v) is 5.25. The summed E-state index contributed by atoms with van der Waals surface area (Å²) in [6.07, 6.45) is 16.0. The maximum atomic E-state index is 5.54. The van der Waals surface area contributed by atoms with E-state index in [4.69, 9.17) is 6.42 Å². The molecule has 1 aromatic rings. The van der Waals surface area contributed by atoms with Crippen molar-refractivity contribution < 1.29 is 0 Å². The highest BCUT2D eigenvalue weighted by atomic mass is 15.1. The van der Waals surface area contributed by atoms with E-state index in [-0.39, 0.29) is 0 Å². The van der Waals surface area contributed by atoms with Gasteiger partial charge in [0.15, 0.2) is 0 Å². The molecule has 3 saturated heterocycles. The SMILES string of the molecule is C#Cc1ccc(C2CC(C3CCCCN3)NC(C3CCCCN3)C2)cc1. The predicted molar refractivity (Wildman–Crippen MR) is 108 cm³/mol. The Morgan fingerprint density at radius 1 is 0.769 bits per heavy atom. The minimum Gasteiger partial charge on any atom is -0.312 e. The van der Waals surface area contributed by atoms with Crippen molar-refractivity contribution in [1.29, 1.82) is 0 Å². The van der Waals surface area contributed by atoms with Crippen LogP contribution in [0.3, 0.4) is 0 Å². The quantitative estimate of drug-likeness (QED) is 0.732. The molecule has 3 aliphatic rings. The van der Waals surface area contributed by atoms with Crippen LogP contribution in [0.4, 0.5) is 0 Å². The molecule has 3 fully saturated rings. The van der Waals surface area contributed by atoms with Crippen LogP contribution in [-0.2, 0) is 0 Å². The molecule has 0 bridgehead atoms. The predicted octanol–water partition coefficient (Wildman–Crippen LogP) is 3.16. The van der Waals surface area contributed by atoms with E-state index in [9.17, 15) is 0 Å². The van der Waals surface area contributed by atoms with Crippen molar-refractivity contribution in [2.75, 3.05) is 13.1 Å². The fourth-order valence-electron chi connectivity index (χ4n) is 5.25. The average molecular weight is 352 g/mol. The second-order valence-corrected chi connectivity index (χ2v) is 8.43. The monoisotopic (exact) mass is 351 g/mol. The first-order chi connectivity index (χ1) is 12.8. The van der Waals surface area contributed by atoms with E-state index >= 15 is 0 Å². The highest BCUT2D eigenvalue weighted by molar-refractivity contribution is 5.35. The molecule has 0 radical (unpaired) electrons. The van der Waals surface area contributed by atoms with Gasteiger partial charge >= 0.3 is 0 Å². The van der Waals surface area contributed by atoms with Crippen LogP contribution in [0.5, 0.6) is 0 Å². The molecule has 1 aromatic carbocycles. The first-order valence-electron chi connectivity index (χ1n) is 10.6. The van der Waals surface area contributed by atoms with Crippen LogP contribution in [0.2, 0.25) is 0 Å². The van der Waals surface area contributed by atoms with E-state index in [1.165, 1.54) is 70.0 Å². The zero-order valence-corrected chi connectivity index (χ0v) is 15.8. The van der Waals surface area contributed by atoms with Gasteiger partial charge in [-0.2, -0.15) is 0 Å². The van der Waals surface area contributed by atoms with Crippen LogP contribution in [0.1, 0.15) is 68.4 Å². The summed E-state index contributed by atoms with van der Waals surface area (Å²) in [4.78, 5) is 0. The van der Waals surface area contributed by atoms with Gasteiger partial charge in [-0.15, -0.1) is 6.42 Å². The van der Waals surface area contributed by atoms with Crippen molar-refractivity contribution in [2.45, 2.75) is 81.5 Å². The van der Waals surface area contributed by atoms with E-state index < -0.39 is 0 Å². The topological polar surface area (TPSA) is 36.1 Å². The van der Waals surface area contributed by atoms with Gasteiger partial charge in [0.2, 0.25) is 0 Å². The molecule has 4 atom stereocenters. The fraction of sp³-hybridized carbons (Fsp3) is 0.652. The lowest BCUT2D eigenvalue weighted by molar-refractivity contribution is 0.180. The summed E-state index contributed by atoms with van der Waals surface area (Å²) < 4.78 is 0. The Hall–Kier alpha value is -1.34. The molecule has 3 nitrogen and oxygen atoms in total. The summed E-state index contributed by atoms with van der Waals surface area (Å²) in [5, 5.41) is 11.6. The van der Waals surface area contributed by atoms with Gasteiger partial charge < -0.3 is 16.0 Å². The molecule has 0 amide bonds. The standard InChI is InChI=1S/C23H33N3/c1-2-17-9-11-18(12-10-17)19-15-22(20-7-3-5-13-24-20)26-23(16-19)21-8-4-6-14-25-21/h1,9-12,19-26H,3-8,13-16H2. The third-order valence-corrected chi connectivity index (χ3v) is 6.72. The number of rotatable bonds is 3.